The second-order valence-electron chi connectivity index (χ2n) is 3.49. The van der Waals surface area contributed by atoms with Crippen LogP contribution in [0, 0.1) is 0 Å². The number of nitrogens with one attached hydrogen (secondary N) is 1. The Morgan fingerprint density at radius 2 is 2.14 bits per heavy atom. The summed E-state index contributed by atoms with van der Waals surface area (Å²) < 4.78 is 1.03. The smallest absolute Gasteiger partial charge is 0.142 e. The van der Waals surface area contributed by atoms with Gasteiger partial charge >= 0.3 is 0 Å². The van der Waals surface area contributed by atoms with Gasteiger partial charge in [-0.1, -0.05) is 34.1 Å². The van der Waals surface area contributed by atoms with E-state index in [-0.39, 0.29) is 5.92 Å². The molecule has 74 valence electrons. The van der Waals surface area contributed by atoms with Crippen LogP contribution in [0.2, 0.25) is 0 Å². The van der Waals surface area contributed by atoms with Gasteiger partial charge < -0.3 is 5.32 Å². The fraction of sp³-hybridized carbons (Fsp3) is 0.364. The molecule has 1 unspecified atom stereocenters. The zero-order valence-electron chi connectivity index (χ0n) is 7.79. The second-order valence-corrected chi connectivity index (χ2v) is 4.35. The molecule has 0 aliphatic carbocycles. The molecule has 1 fully saturated rings. The molecule has 2 nitrogen and oxygen atoms in total. The molecule has 0 aromatic heterocycles. The number of hydrogen-bond acceptors (Lipinski definition) is 2. The Kier molecular flexibility index (Phi) is 2.99. The van der Waals surface area contributed by atoms with E-state index < -0.39 is 0 Å². The lowest BCUT2D eigenvalue weighted by Gasteiger charge is -2.22. The largest absolute Gasteiger partial charge is 0.315 e. The highest BCUT2D eigenvalue weighted by atomic mass is 79.9. The molecule has 1 atom stereocenters. The maximum absolute atomic E-state index is 11.7. The number of carbonyl (C=O) groups is 1. The van der Waals surface area contributed by atoms with Gasteiger partial charge in [-0.15, -0.1) is 0 Å². The second kappa shape index (κ2) is 4.24. The topological polar surface area (TPSA) is 29.1 Å². The van der Waals surface area contributed by atoms with E-state index in [0.29, 0.717) is 12.2 Å². The van der Waals surface area contributed by atoms with Crippen molar-refractivity contribution >= 4 is 21.7 Å². The molecule has 1 aromatic rings. The summed E-state index contributed by atoms with van der Waals surface area (Å²) in [7, 11) is 0. The standard InChI is InChI=1S/C11H12BrNO/c12-10-4-2-1-3-8(10)9-7-13-6-5-11(9)14/h1-4,9,13H,5-7H2. The third kappa shape index (κ3) is 1.88. The van der Waals surface area contributed by atoms with Crippen molar-refractivity contribution in [2.75, 3.05) is 13.1 Å². The maximum atomic E-state index is 11.7. The minimum absolute atomic E-state index is 0.0272. The van der Waals surface area contributed by atoms with E-state index in [1.165, 1.54) is 0 Å². The summed E-state index contributed by atoms with van der Waals surface area (Å²) in [5.41, 5.74) is 1.10. The molecule has 3 heteroatoms. The molecule has 14 heavy (non-hydrogen) atoms. The molecule has 0 amide bonds. The third-order valence-electron chi connectivity index (χ3n) is 2.57. The van der Waals surface area contributed by atoms with Gasteiger partial charge in [0, 0.05) is 24.0 Å². The number of Topliss-reactive ketones (excluding diaryl/α,β-unsaturated/α-hetero) is 1. The minimum Gasteiger partial charge on any atom is -0.315 e. The zero-order chi connectivity index (χ0) is 9.97. The lowest BCUT2D eigenvalue weighted by atomic mass is 9.90. The minimum atomic E-state index is 0.0272. The third-order valence-corrected chi connectivity index (χ3v) is 3.29. The molecule has 1 aromatic carbocycles. The van der Waals surface area contributed by atoms with E-state index in [1.807, 2.05) is 24.3 Å². The van der Waals surface area contributed by atoms with E-state index in [9.17, 15) is 4.79 Å². The van der Waals surface area contributed by atoms with Crippen LogP contribution in [-0.4, -0.2) is 18.9 Å². The van der Waals surface area contributed by atoms with E-state index in [4.69, 9.17) is 0 Å². The van der Waals surface area contributed by atoms with Crippen LogP contribution in [0.25, 0.3) is 0 Å². The van der Waals surface area contributed by atoms with Gasteiger partial charge in [-0.05, 0) is 11.6 Å². The molecule has 0 bridgehead atoms. The van der Waals surface area contributed by atoms with Crippen molar-refractivity contribution in [3.63, 3.8) is 0 Å². The Balaban J connectivity index is 2.29. The highest BCUT2D eigenvalue weighted by Crippen LogP contribution is 2.27. The van der Waals surface area contributed by atoms with Crippen molar-refractivity contribution < 1.29 is 4.79 Å². The molecule has 1 aliphatic heterocycles. The average Bonchev–Trinajstić information content (AvgIpc) is 2.20. The number of ketones is 1. The first-order chi connectivity index (χ1) is 6.79. The molecule has 1 saturated heterocycles. The quantitative estimate of drug-likeness (QED) is 0.831. The number of benzene rings is 1. The molecule has 0 saturated carbocycles. The van der Waals surface area contributed by atoms with Crippen molar-refractivity contribution in [3.05, 3.63) is 34.3 Å². The Morgan fingerprint density at radius 3 is 2.86 bits per heavy atom. The fourth-order valence-electron chi connectivity index (χ4n) is 1.79. The molecule has 2 rings (SSSR count). The predicted octanol–water partition coefficient (Wildman–Crippen LogP) is 2.10. The van der Waals surface area contributed by atoms with Crippen molar-refractivity contribution in [1.82, 2.24) is 5.32 Å². The maximum Gasteiger partial charge on any atom is 0.142 e. The van der Waals surface area contributed by atoms with Gasteiger partial charge in [0.05, 0.1) is 5.92 Å². The Morgan fingerprint density at radius 1 is 1.36 bits per heavy atom. The molecule has 1 heterocycles. The molecule has 0 spiro atoms. The number of rotatable bonds is 1. The van der Waals surface area contributed by atoms with E-state index in [0.717, 1.165) is 23.1 Å². The fourth-order valence-corrected chi connectivity index (χ4v) is 2.35. The van der Waals surface area contributed by atoms with E-state index >= 15 is 0 Å². The van der Waals surface area contributed by atoms with Crippen LogP contribution in [-0.2, 0) is 4.79 Å². The van der Waals surface area contributed by atoms with Gasteiger partial charge in [-0.3, -0.25) is 4.79 Å². The lowest BCUT2D eigenvalue weighted by Crippen LogP contribution is -2.35. The summed E-state index contributed by atoms with van der Waals surface area (Å²) in [5, 5.41) is 3.25. The summed E-state index contributed by atoms with van der Waals surface area (Å²) >= 11 is 3.48. The predicted molar refractivity (Wildman–Crippen MR) is 59.4 cm³/mol. The average molecular weight is 254 g/mol. The molecule has 0 radical (unpaired) electrons. The van der Waals surface area contributed by atoms with Crippen molar-refractivity contribution in [3.8, 4) is 0 Å². The SMILES string of the molecule is O=C1CCNCC1c1ccccc1Br. The molecular formula is C11H12BrNO. The van der Waals surface area contributed by atoms with Crippen molar-refractivity contribution in [2.45, 2.75) is 12.3 Å². The number of piperidine rings is 1. The van der Waals surface area contributed by atoms with Crippen LogP contribution >= 0.6 is 15.9 Å². The summed E-state index contributed by atoms with van der Waals surface area (Å²) in [6, 6.07) is 7.94. The van der Waals surface area contributed by atoms with Gasteiger partial charge in [0.25, 0.3) is 0 Å². The van der Waals surface area contributed by atoms with Gasteiger partial charge in [0.1, 0.15) is 5.78 Å². The van der Waals surface area contributed by atoms with Crippen LogP contribution in [0.5, 0.6) is 0 Å². The first-order valence-electron chi connectivity index (χ1n) is 4.77. The summed E-state index contributed by atoms with van der Waals surface area (Å²) in [6.45, 7) is 1.58. The van der Waals surface area contributed by atoms with Gasteiger partial charge in [-0.2, -0.15) is 0 Å². The van der Waals surface area contributed by atoms with E-state index in [2.05, 4.69) is 21.2 Å². The summed E-state index contributed by atoms with van der Waals surface area (Å²) in [6.07, 6.45) is 0.645. The Hall–Kier alpha value is -0.670. The van der Waals surface area contributed by atoms with Crippen LogP contribution in [0.3, 0.4) is 0 Å². The van der Waals surface area contributed by atoms with Crippen LogP contribution in [0.15, 0.2) is 28.7 Å². The highest BCUT2D eigenvalue weighted by Gasteiger charge is 2.24. The highest BCUT2D eigenvalue weighted by molar-refractivity contribution is 9.10. The molecule has 1 aliphatic rings. The normalized spacial score (nSPS) is 22.4. The summed E-state index contributed by atoms with van der Waals surface area (Å²) in [4.78, 5) is 11.7. The number of hydrogen-bond donors (Lipinski definition) is 1. The van der Waals surface area contributed by atoms with Crippen molar-refractivity contribution in [1.29, 1.82) is 0 Å². The van der Waals surface area contributed by atoms with Gasteiger partial charge in [-0.25, -0.2) is 0 Å². The van der Waals surface area contributed by atoms with Crippen LogP contribution < -0.4 is 5.32 Å². The number of halogens is 1. The van der Waals surface area contributed by atoms with Crippen molar-refractivity contribution in [2.24, 2.45) is 0 Å². The molecule has 1 N–H and O–H groups in total. The zero-order valence-corrected chi connectivity index (χ0v) is 9.38. The summed E-state index contributed by atoms with van der Waals surface area (Å²) in [5.74, 6) is 0.370. The van der Waals surface area contributed by atoms with Gasteiger partial charge in [0.15, 0.2) is 0 Å². The lowest BCUT2D eigenvalue weighted by molar-refractivity contribution is -0.121. The monoisotopic (exact) mass is 253 g/mol. The van der Waals surface area contributed by atoms with E-state index in [1.54, 1.807) is 0 Å². The Bertz CT molecular complexity index is 351. The van der Waals surface area contributed by atoms with Crippen LogP contribution in [0.4, 0.5) is 0 Å². The Labute approximate surface area is 91.8 Å². The molecular weight excluding hydrogens is 242 g/mol. The first kappa shape index (κ1) is 9.87. The van der Waals surface area contributed by atoms with Gasteiger partial charge in [0.2, 0.25) is 0 Å². The first-order valence-corrected chi connectivity index (χ1v) is 5.56. The number of carbonyl (C=O) groups excluding carboxylic acids is 1. The van der Waals surface area contributed by atoms with Crippen LogP contribution in [0.1, 0.15) is 17.9 Å².